The van der Waals surface area contributed by atoms with Crippen LogP contribution in [0.2, 0.25) is 0 Å². The van der Waals surface area contributed by atoms with Gasteiger partial charge in [0.15, 0.2) is 0 Å². The maximum Gasteiger partial charge on any atom is 0.288 e. The Kier molecular flexibility index (Phi) is 6.04. The largest absolute Gasteiger partial charge is 0.382 e. The van der Waals surface area contributed by atoms with Crippen molar-refractivity contribution < 1.29 is 14.0 Å². The quantitative estimate of drug-likeness (QED) is 0.643. The monoisotopic (exact) mass is 394 g/mol. The zero-order valence-corrected chi connectivity index (χ0v) is 15.7. The Morgan fingerprint density at radius 2 is 2.03 bits per heavy atom. The van der Waals surface area contributed by atoms with E-state index in [-0.39, 0.29) is 36.9 Å². The number of hydrazine groups is 1. The Bertz CT molecular complexity index is 997. The van der Waals surface area contributed by atoms with Crippen molar-refractivity contribution in [3.8, 4) is 6.07 Å². The summed E-state index contributed by atoms with van der Waals surface area (Å²) in [6.45, 7) is 2.28. The van der Waals surface area contributed by atoms with E-state index in [0.717, 1.165) is 5.56 Å². The first-order valence-corrected chi connectivity index (χ1v) is 8.91. The number of nitriles is 1. The highest BCUT2D eigenvalue weighted by Gasteiger charge is 2.25. The summed E-state index contributed by atoms with van der Waals surface area (Å²) in [4.78, 5) is 28.4. The Morgan fingerprint density at radius 3 is 2.76 bits per heavy atom. The average molecular weight is 394 g/mol. The first-order valence-electron chi connectivity index (χ1n) is 8.91. The zero-order valence-electron chi connectivity index (χ0n) is 15.7. The summed E-state index contributed by atoms with van der Waals surface area (Å²) in [6.07, 6.45) is 0. The summed E-state index contributed by atoms with van der Waals surface area (Å²) < 4.78 is 13.6. The second kappa shape index (κ2) is 8.84. The van der Waals surface area contributed by atoms with Crippen molar-refractivity contribution in [3.63, 3.8) is 0 Å². The number of rotatable bonds is 6. The first-order chi connectivity index (χ1) is 14.0. The Labute approximate surface area is 167 Å². The summed E-state index contributed by atoms with van der Waals surface area (Å²) in [5.74, 6) is -1.34. The van der Waals surface area contributed by atoms with Gasteiger partial charge < -0.3 is 10.6 Å². The van der Waals surface area contributed by atoms with Crippen molar-refractivity contribution in [1.29, 1.82) is 5.26 Å². The number of carbonyl (C=O) groups is 2. The standard InChI is InChI=1S/C20H19FN6O2/c1-13-5-7-14(8-6-13)27-18(28)12-25-19(26-27)20(29)24-10-9-23-17-4-2-3-16(21)15(17)11-22/h2-8,23H,9-10,12H2,1H3,(H,24,29)(H,25,26). The third-order valence-electron chi connectivity index (χ3n) is 4.20. The summed E-state index contributed by atoms with van der Waals surface area (Å²) in [5, 5.41) is 15.9. The van der Waals surface area contributed by atoms with Gasteiger partial charge in [0.1, 0.15) is 24.0 Å². The molecule has 8 nitrogen and oxygen atoms in total. The first kappa shape index (κ1) is 19.8. The fraction of sp³-hybridized carbons (Fsp3) is 0.200. The summed E-state index contributed by atoms with van der Waals surface area (Å²) >= 11 is 0. The number of hydrogen-bond donors (Lipinski definition) is 3. The van der Waals surface area contributed by atoms with Gasteiger partial charge >= 0.3 is 0 Å². The maximum absolute atomic E-state index is 13.6. The van der Waals surface area contributed by atoms with Gasteiger partial charge in [-0.05, 0) is 31.2 Å². The van der Waals surface area contributed by atoms with Crippen molar-refractivity contribution >= 4 is 29.0 Å². The lowest BCUT2D eigenvalue weighted by Gasteiger charge is -2.27. The lowest BCUT2D eigenvalue weighted by molar-refractivity contribution is -0.118. The predicted molar refractivity (Wildman–Crippen MR) is 107 cm³/mol. The Hall–Kier alpha value is -3.93. The maximum atomic E-state index is 13.6. The van der Waals surface area contributed by atoms with Crippen molar-refractivity contribution in [2.45, 2.75) is 6.92 Å². The van der Waals surface area contributed by atoms with Gasteiger partial charge in [0.05, 0.1) is 11.4 Å². The van der Waals surface area contributed by atoms with Crippen LogP contribution in [0.25, 0.3) is 0 Å². The highest BCUT2D eigenvalue weighted by molar-refractivity contribution is 6.39. The highest BCUT2D eigenvalue weighted by atomic mass is 19.1. The van der Waals surface area contributed by atoms with Crippen LogP contribution < -0.4 is 21.1 Å². The van der Waals surface area contributed by atoms with Crippen LogP contribution >= 0.6 is 0 Å². The normalized spacial score (nSPS) is 13.2. The van der Waals surface area contributed by atoms with E-state index in [9.17, 15) is 14.0 Å². The van der Waals surface area contributed by atoms with E-state index in [1.807, 2.05) is 19.1 Å². The fourth-order valence-electron chi connectivity index (χ4n) is 2.69. The van der Waals surface area contributed by atoms with Crippen LogP contribution in [-0.2, 0) is 9.59 Å². The second-order valence-corrected chi connectivity index (χ2v) is 6.30. The van der Waals surface area contributed by atoms with E-state index < -0.39 is 11.7 Å². The van der Waals surface area contributed by atoms with Gasteiger partial charge in [-0.15, -0.1) is 0 Å². The number of halogens is 1. The van der Waals surface area contributed by atoms with E-state index in [1.54, 1.807) is 24.3 Å². The van der Waals surface area contributed by atoms with E-state index in [1.165, 1.54) is 17.1 Å². The fourth-order valence-corrected chi connectivity index (χ4v) is 2.69. The van der Waals surface area contributed by atoms with Crippen molar-refractivity contribution in [2.75, 3.05) is 30.0 Å². The summed E-state index contributed by atoms with van der Waals surface area (Å²) in [7, 11) is 0. The molecule has 2 amide bonds. The number of nitrogens with zero attached hydrogens (tertiary/aromatic N) is 3. The van der Waals surface area contributed by atoms with Crippen LogP contribution in [0.15, 0.2) is 47.5 Å². The smallest absolute Gasteiger partial charge is 0.288 e. The molecule has 0 fully saturated rings. The molecule has 148 valence electrons. The predicted octanol–water partition coefficient (Wildman–Crippen LogP) is 1.48. The molecule has 0 aliphatic carbocycles. The molecule has 29 heavy (non-hydrogen) atoms. The molecule has 0 saturated carbocycles. The number of aryl methyl sites for hydroxylation is 1. The number of aliphatic imine (C=N–C) groups is 1. The second-order valence-electron chi connectivity index (χ2n) is 6.30. The van der Waals surface area contributed by atoms with E-state index in [4.69, 9.17) is 5.26 Å². The number of hydrogen-bond acceptors (Lipinski definition) is 6. The van der Waals surface area contributed by atoms with Crippen LogP contribution in [0.3, 0.4) is 0 Å². The zero-order chi connectivity index (χ0) is 20.8. The van der Waals surface area contributed by atoms with Crippen LogP contribution in [0.1, 0.15) is 11.1 Å². The SMILES string of the molecule is Cc1ccc(N2NC(C(=O)NCCNc3cccc(F)c3C#N)=NCC2=O)cc1. The van der Waals surface area contributed by atoms with Crippen LogP contribution in [0.4, 0.5) is 15.8 Å². The van der Waals surface area contributed by atoms with Gasteiger partial charge in [-0.1, -0.05) is 23.8 Å². The molecule has 1 heterocycles. The van der Waals surface area contributed by atoms with Gasteiger partial charge in [0.25, 0.3) is 11.8 Å². The third-order valence-corrected chi connectivity index (χ3v) is 4.20. The molecule has 3 rings (SSSR count). The van der Waals surface area contributed by atoms with Crippen molar-refractivity contribution in [3.05, 3.63) is 59.4 Å². The van der Waals surface area contributed by atoms with Crippen LogP contribution in [0, 0.1) is 24.1 Å². The van der Waals surface area contributed by atoms with Crippen LogP contribution in [0.5, 0.6) is 0 Å². The van der Waals surface area contributed by atoms with E-state index in [0.29, 0.717) is 11.4 Å². The van der Waals surface area contributed by atoms with E-state index in [2.05, 4.69) is 21.1 Å². The molecule has 1 aliphatic rings. The lowest BCUT2D eigenvalue weighted by Crippen LogP contribution is -2.56. The molecular formula is C20H19FN6O2. The number of carbonyl (C=O) groups excluding carboxylic acids is 2. The highest BCUT2D eigenvalue weighted by Crippen LogP contribution is 2.17. The Morgan fingerprint density at radius 1 is 1.28 bits per heavy atom. The number of amidine groups is 1. The minimum absolute atomic E-state index is 0.0219. The van der Waals surface area contributed by atoms with E-state index >= 15 is 0 Å². The molecule has 2 aromatic carbocycles. The average Bonchev–Trinajstić information content (AvgIpc) is 2.72. The minimum atomic E-state index is -0.608. The molecule has 9 heteroatoms. The topological polar surface area (TPSA) is 110 Å². The number of anilines is 2. The molecule has 0 bridgehead atoms. The molecule has 2 aromatic rings. The van der Waals surface area contributed by atoms with Crippen molar-refractivity contribution in [2.24, 2.45) is 4.99 Å². The van der Waals surface area contributed by atoms with Gasteiger partial charge in [-0.25, -0.2) is 9.40 Å². The molecule has 0 aromatic heterocycles. The molecule has 0 saturated heterocycles. The van der Waals surface area contributed by atoms with Crippen LogP contribution in [-0.4, -0.2) is 37.3 Å². The van der Waals surface area contributed by atoms with Gasteiger partial charge in [-0.3, -0.25) is 20.0 Å². The molecule has 0 radical (unpaired) electrons. The third kappa shape index (κ3) is 4.68. The summed E-state index contributed by atoms with van der Waals surface area (Å²) in [6, 6.07) is 13.4. The number of nitrogens with one attached hydrogen (secondary N) is 3. The Balaban J connectivity index is 1.54. The molecule has 0 spiro atoms. The molecule has 3 N–H and O–H groups in total. The molecular weight excluding hydrogens is 375 g/mol. The minimum Gasteiger partial charge on any atom is -0.382 e. The molecule has 0 unspecified atom stereocenters. The number of benzene rings is 2. The van der Waals surface area contributed by atoms with Gasteiger partial charge in [0, 0.05) is 13.1 Å². The molecule has 1 aliphatic heterocycles. The summed E-state index contributed by atoms with van der Waals surface area (Å²) in [5.41, 5.74) is 4.67. The number of amides is 2. The van der Waals surface area contributed by atoms with Gasteiger partial charge in [0.2, 0.25) is 5.84 Å². The van der Waals surface area contributed by atoms with Gasteiger partial charge in [-0.2, -0.15) is 5.26 Å². The van der Waals surface area contributed by atoms with Crippen molar-refractivity contribution in [1.82, 2.24) is 10.7 Å². The lowest BCUT2D eigenvalue weighted by atomic mass is 10.2. The molecule has 0 atom stereocenters.